The van der Waals surface area contributed by atoms with Crippen LogP contribution in [0.1, 0.15) is 12.5 Å². The number of ether oxygens (including phenoxy) is 1. The summed E-state index contributed by atoms with van der Waals surface area (Å²) >= 11 is 0. The van der Waals surface area contributed by atoms with Crippen LogP contribution in [0, 0.1) is 0 Å². The van der Waals surface area contributed by atoms with Gasteiger partial charge in [-0.1, -0.05) is 6.07 Å². The normalized spacial score (nSPS) is 12.3. The fraction of sp³-hybridized carbons (Fsp3) is 0.462. The maximum Gasteiger partial charge on any atom is 0.241 e. The van der Waals surface area contributed by atoms with Gasteiger partial charge in [-0.2, -0.15) is 0 Å². The Bertz CT molecular complexity index is 417. The molecule has 0 heterocycles. The minimum Gasteiger partial charge on any atom is -0.495 e. The van der Waals surface area contributed by atoms with Crippen molar-refractivity contribution in [2.45, 2.75) is 19.5 Å². The Kier molecular flexibility index (Phi) is 5.12. The SMILES string of the molecule is COc1ccc(CN(C)C)cc1NC(=O)[C@@H](C)N. The number of carbonyl (C=O) groups excluding carboxylic acids is 1. The molecule has 1 atom stereocenters. The molecule has 0 unspecified atom stereocenters. The Morgan fingerprint density at radius 1 is 1.50 bits per heavy atom. The Hall–Kier alpha value is -1.59. The quantitative estimate of drug-likeness (QED) is 0.820. The van der Waals surface area contributed by atoms with Crippen LogP contribution in [-0.4, -0.2) is 38.1 Å². The number of benzene rings is 1. The van der Waals surface area contributed by atoms with Gasteiger partial charge in [0.25, 0.3) is 0 Å². The molecule has 5 heteroatoms. The van der Waals surface area contributed by atoms with Crippen LogP contribution in [0.4, 0.5) is 5.69 Å². The average molecular weight is 251 g/mol. The highest BCUT2D eigenvalue weighted by atomic mass is 16.5. The van der Waals surface area contributed by atoms with Crippen molar-refractivity contribution in [1.82, 2.24) is 4.90 Å². The smallest absolute Gasteiger partial charge is 0.241 e. The van der Waals surface area contributed by atoms with Gasteiger partial charge < -0.3 is 20.7 Å². The largest absolute Gasteiger partial charge is 0.495 e. The molecular formula is C13H21N3O2. The zero-order valence-corrected chi connectivity index (χ0v) is 11.4. The molecule has 1 rings (SSSR count). The Balaban J connectivity index is 2.95. The number of amides is 1. The van der Waals surface area contributed by atoms with Crippen LogP contribution in [0.5, 0.6) is 5.75 Å². The van der Waals surface area contributed by atoms with Crippen molar-refractivity contribution in [3.8, 4) is 5.75 Å². The average Bonchev–Trinajstić information content (AvgIpc) is 2.28. The minimum absolute atomic E-state index is 0.227. The lowest BCUT2D eigenvalue weighted by atomic mass is 10.1. The number of carbonyl (C=O) groups is 1. The summed E-state index contributed by atoms with van der Waals surface area (Å²) in [4.78, 5) is 13.7. The van der Waals surface area contributed by atoms with Gasteiger partial charge in [0.15, 0.2) is 0 Å². The lowest BCUT2D eigenvalue weighted by Gasteiger charge is -2.15. The van der Waals surface area contributed by atoms with Crippen LogP contribution >= 0.6 is 0 Å². The first-order valence-electron chi connectivity index (χ1n) is 5.82. The van der Waals surface area contributed by atoms with E-state index in [-0.39, 0.29) is 5.91 Å². The molecule has 0 bridgehead atoms. The van der Waals surface area contributed by atoms with E-state index in [1.165, 1.54) is 0 Å². The molecule has 0 spiro atoms. The summed E-state index contributed by atoms with van der Waals surface area (Å²) in [5.74, 6) is 0.404. The molecule has 0 radical (unpaired) electrons. The number of methoxy groups -OCH3 is 1. The molecular weight excluding hydrogens is 230 g/mol. The second-order valence-electron chi connectivity index (χ2n) is 4.55. The second kappa shape index (κ2) is 6.37. The van der Waals surface area contributed by atoms with Crippen LogP contribution in [0.2, 0.25) is 0 Å². The van der Waals surface area contributed by atoms with E-state index in [0.717, 1.165) is 12.1 Å². The molecule has 3 N–H and O–H groups in total. The van der Waals surface area contributed by atoms with Gasteiger partial charge in [-0.15, -0.1) is 0 Å². The van der Waals surface area contributed by atoms with Crippen LogP contribution in [0.25, 0.3) is 0 Å². The minimum atomic E-state index is -0.549. The Labute approximate surface area is 108 Å². The molecule has 5 nitrogen and oxygen atoms in total. The number of nitrogens with two attached hydrogens (primary N) is 1. The molecule has 100 valence electrons. The van der Waals surface area contributed by atoms with E-state index >= 15 is 0 Å². The highest BCUT2D eigenvalue weighted by Crippen LogP contribution is 2.26. The van der Waals surface area contributed by atoms with Crippen molar-refractivity contribution in [2.24, 2.45) is 5.73 Å². The standard InChI is InChI=1S/C13H21N3O2/c1-9(14)13(17)15-11-7-10(8-16(2)3)5-6-12(11)18-4/h5-7,9H,8,14H2,1-4H3,(H,15,17)/t9-/m1/s1. The first kappa shape index (κ1) is 14.5. The van der Waals surface area contributed by atoms with Crippen molar-refractivity contribution < 1.29 is 9.53 Å². The Morgan fingerprint density at radius 3 is 2.67 bits per heavy atom. The maximum absolute atomic E-state index is 11.6. The summed E-state index contributed by atoms with van der Waals surface area (Å²) < 4.78 is 5.22. The van der Waals surface area contributed by atoms with Crippen molar-refractivity contribution >= 4 is 11.6 Å². The third-order valence-electron chi connectivity index (χ3n) is 2.43. The Morgan fingerprint density at radius 2 is 2.17 bits per heavy atom. The summed E-state index contributed by atoms with van der Waals surface area (Å²) in [6, 6.07) is 5.17. The first-order valence-corrected chi connectivity index (χ1v) is 5.82. The second-order valence-corrected chi connectivity index (χ2v) is 4.55. The number of hydrogen-bond acceptors (Lipinski definition) is 4. The van der Waals surface area contributed by atoms with Gasteiger partial charge in [-0.05, 0) is 38.7 Å². The fourth-order valence-corrected chi connectivity index (χ4v) is 1.56. The van der Waals surface area contributed by atoms with Crippen molar-refractivity contribution in [3.05, 3.63) is 23.8 Å². The summed E-state index contributed by atoms with van der Waals surface area (Å²) in [5.41, 5.74) is 7.28. The van der Waals surface area contributed by atoms with Gasteiger partial charge in [0.1, 0.15) is 5.75 Å². The van der Waals surface area contributed by atoms with E-state index in [2.05, 4.69) is 10.2 Å². The molecule has 18 heavy (non-hydrogen) atoms. The molecule has 1 aromatic rings. The molecule has 0 aliphatic heterocycles. The highest BCUT2D eigenvalue weighted by molar-refractivity contribution is 5.95. The summed E-state index contributed by atoms with van der Waals surface area (Å²) in [6.07, 6.45) is 0. The molecule has 1 amide bonds. The van der Waals surface area contributed by atoms with Crippen molar-refractivity contribution in [2.75, 3.05) is 26.5 Å². The van der Waals surface area contributed by atoms with E-state index in [1.54, 1.807) is 14.0 Å². The number of nitrogens with zero attached hydrogens (tertiary/aromatic N) is 1. The van der Waals surface area contributed by atoms with Gasteiger partial charge >= 0.3 is 0 Å². The zero-order chi connectivity index (χ0) is 13.7. The fourth-order valence-electron chi connectivity index (χ4n) is 1.56. The van der Waals surface area contributed by atoms with Crippen LogP contribution in [0.3, 0.4) is 0 Å². The highest BCUT2D eigenvalue weighted by Gasteiger charge is 2.11. The van der Waals surface area contributed by atoms with E-state index in [1.807, 2.05) is 32.3 Å². The van der Waals surface area contributed by atoms with E-state index in [4.69, 9.17) is 10.5 Å². The molecule has 0 aliphatic carbocycles. The van der Waals surface area contributed by atoms with Gasteiger partial charge in [0, 0.05) is 6.54 Å². The molecule has 0 aromatic heterocycles. The summed E-state index contributed by atoms with van der Waals surface area (Å²) in [5, 5.41) is 2.77. The van der Waals surface area contributed by atoms with Gasteiger partial charge in [-0.3, -0.25) is 4.79 Å². The van der Waals surface area contributed by atoms with Gasteiger partial charge in [-0.25, -0.2) is 0 Å². The van der Waals surface area contributed by atoms with Crippen molar-refractivity contribution in [1.29, 1.82) is 0 Å². The number of anilines is 1. The molecule has 0 saturated heterocycles. The van der Waals surface area contributed by atoms with Gasteiger partial charge in [0.2, 0.25) is 5.91 Å². The van der Waals surface area contributed by atoms with Crippen LogP contribution in [-0.2, 0) is 11.3 Å². The third kappa shape index (κ3) is 4.01. The molecule has 0 aliphatic rings. The van der Waals surface area contributed by atoms with E-state index in [9.17, 15) is 4.79 Å². The lowest BCUT2D eigenvalue weighted by Crippen LogP contribution is -2.32. The predicted molar refractivity (Wildman–Crippen MR) is 72.7 cm³/mol. The summed E-state index contributed by atoms with van der Waals surface area (Å²) in [7, 11) is 5.55. The van der Waals surface area contributed by atoms with E-state index in [0.29, 0.717) is 11.4 Å². The summed E-state index contributed by atoms with van der Waals surface area (Å²) in [6.45, 7) is 2.44. The van der Waals surface area contributed by atoms with Crippen LogP contribution in [0.15, 0.2) is 18.2 Å². The van der Waals surface area contributed by atoms with Gasteiger partial charge in [0.05, 0.1) is 18.8 Å². The van der Waals surface area contributed by atoms with E-state index < -0.39 is 6.04 Å². The monoisotopic (exact) mass is 251 g/mol. The lowest BCUT2D eigenvalue weighted by molar-refractivity contribution is -0.117. The number of nitrogens with one attached hydrogen (secondary N) is 1. The van der Waals surface area contributed by atoms with Crippen LogP contribution < -0.4 is 15.8 Å². The third-order valence-corrected chi connectivity index (χ3v) is 2.43. The molecule has 0 fully saturated rings. The maximum atomic E-state index is 11.6. The molecule has 1 aromatic carbocycles. The number of rotatable bonds is 5. The first-order chi connectivity index (χ1) is 8.43. The van der Waals surface area contributed by atoms with Crippen molar-refractivity contribution in [3.63, 3.8) is 0 Å². The predicted octanol–water partition coefficient (Wildman–Crippen LogP) is 1.04. The topological polar surface area (TPSA) is 67.6 Å². The number of hydrogen-bond donors (Lipinski definition) is 2. The zero-order valence-electron chi connectivity index (χ0n) is 11.4. The molecule has 0 saturated carbocycles.